The zero-order valence-corrected chi connectivity index (χ0v) is 12.6. The summed E-state index contributed by atoms with van der Waals surface area (Å²) in [6.45, 7) is 0. The van der Waals surface area contributed by atoms with E-state index in [-0.39, 0.29) is 0 Å². The van der Waals surface area contributed by atoms with E-state index < -0.39 is 12.0 Å². The molecule has 22 heavy (non-hydrogen) atoms. The van der Waals surface area contributed by atoms with Crippen molar-refractivity contribution in [1.29, 1.82) is 0 Å². The summed E-state index contributed by atoms with van der Waals surface area (Å²) in [6.07, 6.45) is -1.23. The molecular formula is C16H14N2O3S. The Labute approximate surface area is 131 Å². The second kappa shape index (κ2) is 6.13. The number of aliphatic hydroxyl groups is 1. The van der Waals surface area contributed by atoms with E-state index in [0.717, 1.165) is 4.70 Å². The first-order chi connectivity index (χ1) is 10.7. The minimum absolute atomic E-state index is 0.430. The number of thiazole rings is 1. The van der Waals surface area contributed by atoms with E-state index in [9.17, 15) is 9.90 Å². The molecule has 0 aliphatic rings. The van der Waals surface area contributed by atoms with Crippen molar-refractivity contribution in [1.82, 2.24) is 4.98 Å². The van der Waals surface area contributed by atoms with Gasteiger partial charge in [-0.1, -0.05) is 47.7 Å². The van der Waals surface area contributed by atoms with Gasteiger partial charge in [-0.05, 0) is 17.7 Å². The summed E-state index contributed by atoms with van der Waals surface area (Å²) in [5, 5.41) is 13.1. The predicted molar refractivity (Wildman–Crippen MR) is 86.2 cm³/mol. The standard InChI is InChI=1S/C16H14N2O3S/c1-21-11-8-5-9-12-13(11)17-16(22-12)18-15(20)14(19)10-6-3-2-4-7-10/h2-9,14,19H,1H3,(H,17,18,20). The van der Waals surface area contributed by atoms with Crippen molar-refractivity contribution in [3.63, 3.8) is 0 Å². The van der Waals surface area contributed by atoms with Crippen molar-refractivity contribution in [3.05, 3.63) is 54.1 Å². The molecule has 0 saturated heterocycles. The molecule has 1 atom stereocenters. The number of ether oxygens (including phenoxy) is 1. The van der Waals surface area contributed by atoms with Crippen molar-refractivity contribution >= 4 is 32.6 Å². The Balaban J connectivity index is 1.82. The van der Waals surface area contributed by atoms with E-state index in [0.29, 0.717) is 22.0 Å². The number of fused-ring (bicyclic) bond motifs is 1. The van der Waals surface area contributed by atoms with Crippen molar-refractivity contribution < 1.29 is 14.6 Å². The zero-order valence-electron chi connectivity index (χ0n) is 11.8. The molecule has 2 aromatic carbocycles. The van der Waals surface area contributed by atoms with Gasteiger partial charge in [-0.3, -0.25) is 10.1 Å². The van der Waals surface area contributed by atoms with Gasteiger partial charge in [-0.25, -0.2) is 4.98 Å². The number of rotatable bonds is 4. The second-order valence-electron chi connectivity index (χ2n) is 4.63. The van der Waals surface area contributed by atoms with E-state index in [1.54, 1.807) is 31.4 Å². The molecule has 0 spiro atoms. The van der Waals surface area contributed by atoms with E-state index in [1.807, 2.05) is 24.3 Å². The first kappa shape index (κ1) is 14.5. The van der Waals surface area contributed by atoms with Crippen LogP contribution in [0.3, 0.4) is 0 Å². The molecule has 0 saturated carbocycles. The van der Waals surface area contributed by atoms with Crippen molar-refractivity contribution in [2.24, 2.45) is 0 Å². The largest absolute Gasteiger partial charge is 0.494 e. The molecule has 3 rings (SSSR count). The third-order valence-electron chi connectivity index (χ3n) is 3.20. The van der Waals surface area contributed by atoms with Crippen molar-refractivity contribution in [2.75, 3.05) is 12.4 Å². The summed E-state index contributed by atoms with van der Waals surface area (Å²) in [5.41, 5.74) is 1.23. The average molecular weight is 314 g/mol. The number of aromatic nitrogens is 1. The van der Waals surface area contributed by atoms with Crippen molar-refractivity contribution in [3.8, 4) is 5.75 Å². The molecule has 0 aliphatic heterocycles. The van der Waals surface area contributed by atoms with Crippen LogP contribution in [0.2, 0.25) is 0 Å². The fraction of sp³-hybridized carbons (Fsp3) is 0.125. The van der Waals surface area contributed by atoms with Crippen LogP contribution in [-0.2, 0) is 4.79 Å². The quantitative estimate of drug-likeness (QED) is 0.776. The lowest BCUT2D eigenvalue weighted by molar-refractivity contribution is -0.124. The number of methoxy groups -OCH3 is 1. The highest BCUT2D eigenvalue weighted by Gasteiger charge is 2.19. The highest BCUT2D eigenvalue weighted by molar-refractivity contribution is 7.22. The Morgan fingerprint density at radius 3 is 2.73 bits per heavy atom. The third kappa shape index (κ3) is 2.79. The average Bonchev–Trinajstić information content (AvgIpc) is 2.97. The number of hydrogen-bond acceptors (Lipinski definition) is 5. The Morgan fingerprint density at radius 2 is 2.00 bits per heavy atom. The SMILES string of the molecule is COc1cccc2sc(NC(=O)C(O)c3ccccc3)nc12. The summed E-state index contributed by atoms with van der Waals surface area (Å²) in [7, 11) is 1.57. The number of nitrogens with one attached hydrogen (secondary N) is 1. The number of nitrogens with zero attached hydrogens (tertiary/aromatic N) is 1. The van der Waals surface area contributed by atoms with Gasteiger partial charge in [0.25, 0.3) is 5.91 Å². The van der Waals surface area contributed by atoms with Gasteiger partial charge in [0, 0.05) is 0 Å². The number of anilines is 1. The number of carbonyl (C=O) groups excluding carboxylic acids is 1. The van der Waals surface area contributed by atoms with Crippen LogP contribution in [-0.4, -0.2) is 23.1 Å². The van der Waals surface area contributed by atoms with Crippen LogP contribution in [0.4, 0.5) is 5.13 Å². The van der Waals surface area contributed by atoms with Gasteiger partial charge >= 0.3 is 0 Å². The van der Waals surface area contributed by atoms with Crippen LogP contribution in [0, 0.1) is 0 Å². The molecule has 3 aromatic rings. The highest BCUT2D eigenvalue weighted by atomic mass is 32.1. The lowest BCUT2D eigenvalue weighted by Gasteiger charge is -2.09. The van der Waals surface area contributed by atoms with Gasteiger partial charge < -0.3 is 9.84 Å². The lowest BCUT2D eigenvalue weighted by Crippen LogP contribution is -2.20. The third-order valence-corrected chi connectivity index (χ3v) is 4.13. The molecule has 0 bridgehead atoms. The Kier molecular flexibility index (Phi) is 4.04. The van der Waals surface area contributed by atoms with Crippen LogP contribution in [0.5, 0.6) is 5.75 Å². The topological polar surface area (TPSA) is 71.5 Å². The number of amides is 1. The normalized spacial score (nSPS) is 12.1. The summed E-state index contributed by atoms with van der Waals surface area (Å²) in [5.74, 6) is 0.141. The van der Waals surface area contributed by atoms with Crippen molar-refractivity contribution in [2.45, 2.75) is 6.10 Å². The number of aliphatic hydroxyl groups excluding tert-OH is 1. The van der Waals surface area contributed by atoms with E-state index in [4.69, 9.17) is 4.74 Å². The highest BCUT2D eigenvalue weighted by Crippen LogP contribution is 2.32. The van der Waals surface area contributed by atoms with Gasteiger partial charge in [0.1, 0.15) is 11.3 Å². The smallest absolute Gasteiger partial charge is 0.259 e. The summed E-state index contributed by atoms with van der Waals surface area (Å²) >= 11 is 1.33. The monoisotopic (exact) mass is 314 g/mol. The summed E-state index contributed by atoms with van der Waals surface area (Å²) in [6, 6.07) is 14.4. The maximum atomic E-state index is 12.1. The summed E-state index contributed by atoms with van der Waals surface area (Å²) < 4.78 is 6.15. The van der Waals surface area contributed by atoms with Gasteiger partial charge in [-0.15, -0.1) is 0 Å². The molecular weight excluding hydrogens is 300 g/mol. The Bertz CT molecular complexity index is 802. The molecule has 1 amide bonds. The van der Waals surface area contributed by atoms with Gasteiger partial charge in [-0.2, -0.15) is 0 Å². The van der Waals surface area contributed by atoms with E-state index >= 15 is 0 Å². The molecule has 0 aliphatic carbocycles. The maximum absolute atomic E-state index is 12.1. The molecule has 1 aromatic heterocycles. The molecule has 1 unspecified atom stereocenters. The zero-order chi connectivity index (χ0) is 15.5. The van der Waals surface area contributed by atoms with Gasteiger partial charge in [0.15, 0.2) is 11.2 Å². The molecule has 6 heteroatoms. The first-order valence-electron chi connectivity index (χ1n) is 6.66. The Morgan fingerprint density at radius 1 is 1.23 bits per heavy atom. The molecule has 5 nitrogen and oxygen atoms in total. The van der Waals surface area contributed by atoms with Crippen LogP contribution < -0.4 is 10.1 Å². The number of benzene rings is 2. The molecule has 1 heterocycles. The van der Waals surface area contributed by atoms with Crippen LogP contribution >= 0.6 is 11.3 Å². The van der Waals surface area contributed by atoms with Gasteiger partial charge in [0.05, 0.1) is 11.8 Å². The fourth-order valence-corrected chi connectivity index (χ4v) is 2.99. The van der Waals surface area contributed by atoms with Crippen LogP contribution in [0.25, 0.3) is 10.2 Å². The minimum atomic E-state index is -1.23. The predicted octanol–water partition coefficient (Wildman–Crippen LogP) is 2.98. The molecule has 0 fully saturated rings. The maximum Gasteiger partial charge on any atom is 0.259 e. The van der Waals surface area contributed by atoms with E-state index in [2.05, 4.69) is 10.3 Å². The van der Waals surface area contributed by atoms with Gasteiger partial charge in [0.2, 0.25) is 0 Å². The molecule has 112 valence electrons. The molecule has 0 radical (unpaired) electrons. The van der Waals surface area contributed by atoms with Crippen LogP contribution in [0.1, 0.15) is 11.7 Å². The van der Waals surface area contributed by atoms with Crippen LogP contribution in [0.15, 0.2) is 48.5 Å². The molecule has 2 N–H and O–H groups in total. The second-order valence-corrected chi connectivity index (χ2v) is 5.66. The van der Waals surface area contributed by atoms with E-state index in [1.165, 1.54) is 11.3 Å². The summed E-state index contributed by atoms with van der Waals surface area (Å²) in [4.78, 5) is 16.5. The minimum Gasteiger partial charge on any atom is -0.494 e. The number of carbonyl (C=O) groups is 1. The first-order valence-corrected chi connectivity index (χ1v) is 7.48. The number of hydrogen-bond donors (Lipinski definition) is 2. The Hall–Kier alpha value is -2.44. The fourth-order valence-electron chi connectivity index (χ4n) is 2.10. The lowest BCUT2D eigenvalue weighted by atomic mass is 10.1. The number of para-hydroxylation sites is 1.